The highest BCUT2D eigenvalue weighted by molar-refractivity contribution is 14.0. The van der Waals surface area contributed by atoms with Crippen LogP contribution in [0.3, 0.4) is 0 Å². The Morgan fingerprint density at radius 1 is 1.07 bits per heavy atom. The van der Waals surface area contributed by atoms with Crippen molar-refractivity contribution in [2.75, 3.05) is 19.9 Å². The van der Waals surface area contributed by atoms with Crippen molar-refractivity contribution in [2.24, 2.45) is 4.99 Å². The average molecular weight is 519 g/mol. The van der Waals surface area contributed by atoms with Crippen LogP contribution in [0.15, 0.2) is 65.9 Å². The zero-order chi connectivity index (χ0) is 19.9. The van der Waals surface area contributed by atoms with Crippen LogP contribution in [0.25, 0.3) is 5.69 Å². The summed E-state index contributed by atoms with van der Waals surface area (Å²) >= 11 is 0. The molecule has 2 N–H and O–H groups in total. The van der Waals surface area contributed by atoms with Crippen molar-refractivity contribution in [1.82, 2.24) is 20.4 Å². The monoisotopic (exact) mass is 519 g/mol. The molecule has 1 aliphatic heterocycles. The van der Waals surface area contributed by atoms with Gasteiger partial charge < -0.3 is 20.1 Å². The van der Waals surface area contributed by atoms with Crippen LogP contribution in [0.1, 0.15) is 18.1 Å². The molecule has 7 nitrogen and oxygen atoms in total. The summed E-state index contributed by atoms with van der Waals surface area (Å²) < 4.78 is 12.7. The van der Waals surface area contributed by atoms with Gasteiger partial charge in [0.1, 0.15) is 0 Å². The van der Waals surface area contributed by atoms with E-state index in [0.29, 0.717) is 13.3 Å². The summed E-state index contributed by atoms with van der Waals surface area (Å²) in [6.07, 6.45) is 4.58. The minimum Gasteiger partial charge on any atom is -0.454 e. The van der Waals surface area contributed by atoms with E-state index in [0.717, 1.165) is 48.2 Å². The van der Waals surface area contributed by atoms with E-state index in [2.05, 4.69) is 40.9 Å². The molecule has 0 amide bonds. The van der Waals surface area contributed by atoms with Gasteiger partial charge in [-0.15, -0.1) is 24.0 Å². The minimum absolute atomic E-state index is 0. The first-order valence-electron chi connectivity index (χ1n) is 9.81. The average Bonchev–Trinajstić information content (AvgIpc) is 3.44. The van der Waals surface area contributed by atoms with Crippen LogP contribution in [0.5, 0.6) is 11.5 Å². The van der Waals surface area contributed by atoms with Crippen LogP contribution >= 0.6 is 24.0 Å². The number of rotatable bonds is 7. The SMILES string of the molecule is CCNC(=NCc1cccc(-n2cccn2)c1)NCCc1ccc2c(c1)OCO2.I. The molecule has 8 heteroatoms. The number of aliphatic imine (C=N–C) groups is 1. The molecule has 0 atom stereocenters. The Balaban J connectivity index is 0.00000256. The number of aromatic nitrogens is 2. The van der Waals surface area contributed by atoms with Crippen LogP contribution in [0, 0.1) is 0 Å². The second kappa shape index (κ2) is 10.9. The molecule has 4 rings (SSSR count). The standard InChI is InChI=1S/C22H25N5O2.HI/c1-2-23-22(24-11-9-17-7-8-20-21(14-17)29-16-28-20)25-15-18-5-3-6-19(13-18)27-12-4-10-26-27;/h3-8,10,12-14H,2,9,11,15-16H2,1H3,(H2,23,24,25);1H. The third kappa shape index (κ3) is 5.65. The van der Waals surface area contributed by atoms with Crippen LogP contribution in [-0.4, -0.2) is 35.6 Å². The molecule has 1 aliphatic rings. The Labute approximate surface area is 193 Å². The normalized spacial score (nSPS) is 12.4. The van der Waals surface area contributed by atoms with Crippen molar-refractivity contribution in [3.8, 4) is 17.2 Å². The molecule has 0 saturated carbocycles. The maximum atomic E-state index is 5.44. The smallest absolute Gasteiger partial charge is 0.231 e. The number of guanidine groups is 1. The van der Waals surface area contributed by atoms with Gasteiger partial charge in [-0.1, -0.05) is 18.2 Å². The lowest BCUT2D eigenvalue weighted by Gasteiger charge is -2.12. The van der Waals surface area contributed by atoms with Gasteiger partial charge in [-0.3, -0.25) is 0 Å². The lowest BCUT2D eigenvalue weighted by molar-refractivity contribution is 0.174. The Morgan fingerprint density at radius 3 is 2.80 bits per heavy atom. The molecule has 0 unspecified atom stereocenters. The van der Waals surface area contributed by atoms with Gasteiger partial charge >= 0.3 is 0 Å². The maximum Gasteiger partial charge on any atom is 0.231 e. The number of fused-ring (bicyclic) bond motifs is 1. The Kier molecular flexibility index (Phi) is 7.95. The van der Waals surface area contributed by atoms with Crippen molar-refractivity contribution in [2.45, 2.75) is 19.9 Å². The molecule has 2 heterocycles. The summed E-state index contributed by atoms with van der Waals surface area (Å²) in [7, 11) is 0. The number of nitrogens with zero attached hydrogens (tertiary/aromatic N) is 3. The summed E-state index contributed by atoms with van der Waals surface area (Å²) in [5.41, 5.74) is 3.36. The minimum atomic E-state index is 0. The van der Waals surface area contributed by atoms with E-state index in [-0.39, 0.29) is 24.0 Å². The van der Waals surface area contributed by atoms with Gasteiger partial charge in [0.25, 0.3) is 0 Å². The van der Waals surface area contributed by atoms with Gasteiger partial charge in [-0.05, 0) is 54.8 Å². The maximum absolute atomic E-state index is 5.44. The van der Waals surface area contributed by atoms with Gasteiger partial charge in [0.15, 0.2) is 17.5 Å². The highest BCUT2D eigenvalue weighted by Gasteiger charge is 2.12. The molecule has 0 saturated heterocycles. The van der Waals surface area contributed by atoms with Crippen LogP contribution < -0.4 is 20.1 Å². The topological polar surface area (TPSA) is 72.7 Å². The molecule has 0 aliphatic carbocycles. The van der Waals surface area contributed by atoms with Gasteiger partial charge in [-0.2, -0.15) is 5.10 Å². The highest BCUT2D eigenvalue weighted by atomic mass is 127. The van der Waals surface area contributed by atoms with E-state index < -0.39 is 0 Å². The van der Waals surface area contributed by atoms with E-state index in [9.17, 15) is 0 Å². The van der Waals surface area contributed by atoms with Gasteiger partial charge in [0.2, 0.25) is 6.79 Å². The molecule has 2 aromatic carbocycles. The molecule has 0 fully saturated rings. The number of halogens is 1. The number of ether oxygens (including phenoxy) is 2. The van der Waals surface area contributed by atoms with Crippen LogP contribution in [0.2, 0.25) is 0 Å². The third-order valence-corrected chi connectivity index (χ3v) is 4.59. The first kappa shape index (κ1) is 21.9. The molecule has 3 aromatic rings. The molecule has 1 aromatic heterocycles. The van der Waals surface area contributed by atoms with E-state index in [1.54, 1.807) is 6.20 Å². The second-order valence-corrected chi connectivity index (χ2v) is 6.68. The predicted molar refractivity (Wildman–Crippen MR) is 128 cm³/mol. The predicted octanol–water partition coefficient (Wildman–Crippen LogP) is 3.52. The zero-order valence-electron chi connectivity index (χ0n) is 16.9. The van der Waals surface area contributed by atoms with E-state index in [1.807, 2.05) is 41.2 Å². The fourth-order valence-corrected chi connectivity index (χ4v) is 3.15. The van der Waals surface area contributed by atoms with Gasteiger partial charge in [0, 0.05) is 25.5 Å². The lowest BCUT2D eigenvalue weighted by atomic mass is 10.1. The van der Waals surface area contributed by atoms with Crippen molar-refractivity contribution in [3.63, 3.8) is 0 Å². The van der Waals surface area contributed by atoms with E-state index in [1.165, 1.54) is 5.56 Å². The summed E-state index contributed by atoms with van der Waals surface area (Å²) in [5.74, 6) is 2.44. The Morgan fingerprint density at radius 2 is 1.97 bits per heavy atom. The molecule has 30 heavy (non-hydrogen) atoms. The molecule has 0 radical (unpaired) electrons. The van der Waals surface area contributed by atoms with Crippen LogP contribution in [-0.2, 0) is 13.0 Å². The molecular formula is C22H26IN5O2. The first-order valence-corrected chi connectivity index (χ1v) is 9.81. The summed E-state index contributed by atoms with van der Waals surface area (Å²) in [6.45, 7) is 4.54. The number of benzene rings is 2. The van der Waals surface area contributed by atoms with E-state index >= 15 is 0 Å². The quantitative estimate of drug-likeness (QED) is 0.284. The van der Waals surface area contributed by atoms with Crippen molar-refractivity contribution >= 4 is 29.9 Å². The van der Waals surface area contributed by atoms with Crippen molar-refractivity contribution < 1.29 is 9.47 Å². The van der Waals surface area contributed by atoms with Crippen LogP contribution in [0.4, 0.5) is 0 Å². The van der Waals surface area contributed by atoms with E-state index in [4.69, 9.17) is 14.5 Å². The molecular weight excluding hydrogens is 493 g/mol. The van der Waals surface area contributed by atoms with Gasteiger partial charge in [-0.25, -0.2) is 9.67 Å². The highest BCUT2D eigenvalue weighted by Crippen LogP contribution is 2.32. The van der Waals surface area contributed by atoms with Crippen molar-refractivity contribution in [1.29, 1.82) is 0 Å². The molecule has 0 spiro atoms. The zero-order valence-corrected chi connectivity index (χ0v) is 19.2. The third-order valence-electron chi connectivity index (χ3n) is 4.59. The summed E-state index contributed by atoms with van der Waals surface area (Å²) in [4.78, 5) is 4.72. The Hall–Kier alpha value is -2.75. The summed E-state index contributed by atoms with van der Waals surface area (Å²) in [6, 6.07) is 16.2. The number of hydrogen-bond donors (Lipinski definition) is 2. The first-order chi connectivity index (χ1) is 14.3. The number of nitrogens with one attached hydrogen (secondary N) is 2. The van der Waals surface area contributed by atoms with Crippen molar-refractivity contribution in [3.05, 3.63) is 72.1 Å². The second-order valence-electron chi connectivity index (χ2n) is 6.68. The molecule has 0 bridgehead atoms. The summed E-state index contributed by atoms with van der Waals surface area (Å²) in [5, 5.41) is 11.0. The fraction of sp³-hybridized carbons (Fsp3) is 0.273. The lowest BCUT2D eigenvalue weighted by Crippen LogP contribution is -2.38. The molecule has 158 valence electrons. The largest absolute Gasteiger partial charge is 0.454 e. The Bertz CT molecular complexity index is 975. The van der Waals surface area contributed by atoms with Gasteiger partial charge in [0.05, 0.1) is 12.2 Å². The fourth-order valence-electron chi connectivity index (χ4n) is 3.15. The number of hydrogen-bond acceptors (Lipinski definition) is 4.